The van der Waals surface area contributed by atoms with Crippen molar-refractivity contribution in [2.24, 2.45) is 5.92 Å². The number of carbonyl (C=O) groups excluding carboxylic acids is 1. The Hall–Kier alpha value is -2.11. The molecular formula is C14H17NO5. The summed E-state index contributed by atoms with van der Waals surface area (Å²) in [6.07, 6.45) is 0.423. The van der Waals surface area contributed by atoms with Gasteiger partial charge in [-0.3, -0.25) is 10.1 Å². The summed E-state index contributed by atoms with van der Waals surface area (Å²) in [5, 5.41) is 10.7. The van der Waals surface area contributed by atoms with Crippen LogP contribution in [-0.4, -0.2) is 23.6 Å². The summed E-state index contributed by atoms with van der Waals surface area (Å²) in [5.41, 5.74) is 0.792. The molecule has 0 spiro atoms. The van der Waals surface area contributed by atoms with Gasteiger partial charge in [-0.2, -0.15) is 0 Å². The molecule has 0 radical (unpaired) electrons. The van der Waals surface area contributed by atoms with Crippen LogP contribution < -0.4 is 4.74 Å². The Kier molecular flexibility index (Phi) is 4.22. The van der Waals surface area contributed by atoms with E-state index in [4.69, 9.17) is 9.47 Å². The normalized spacial score (nSPS) is 17.2. The first-order valence-electron chi connectivity index (χ1n) is 6.58. The number of nitrogens with zero attached hydrogens (tertiary/aromatic N) is 1. The first kappa shape index (κ1) is 14.3. The van der Waals surface area contributed by atoms with Gasteiger partial charge in [-0.05, 0) is 24.8 Å². The highest BCUT2D eigenvalue weighted by molar-refractivity contribution is 5.75. The zero-order valence-electron chi connectivity index (χ0n) is 11.5. The van der Waals surface area contributed by atoms with Gasteiger partial charge in [-0.1, -0.05) is 13.8 Å². The molecule has 6 nitrogen and oxygen atoms in total. The highest BCUT2D eigenvalue weighted by Gasteiger charge is 2.28. The van der Waals surface area contributed by atoms with E-state index in [0.717, 1.165) is 5.56 Å². The van der Waals surface area contributed by atoms with Gasteiger partial charge in [0.15, 0.2) is 6.10 Å². The summed E-state index contributed by atoms with van der Waals surface area (Å²) in [7, 11) is 0. The Morgan fingerprint density at radius 1 is 1.55 bits per heavy atom. The van der Waals surface area contributed by atoms with E-state index in [2.05, 4.69) is 0 Å². The molecule has 0 saturated carbocycles. The molecule has 1 aliphatic rings. The second-order valence-corrected chi connectivity index (χ2v) is 5.22. The van der Waals surface area contributed by atoms with Crippen molar-refractivity contribution >= 4 is 11.7 Å². The lowest BCUT2D eigenvalue weighted by atomic mass is 10.0. The third-order valence-corrected chi connectivity index (χ3v) is 3.02. The molecule has 0 N–H and O–H groups in total. The zero-order valence-corrected chi connectivity index (χ0v) is 11.5. The molecular weight excluding hydrogens is 262 g/mol. The van der Waals surface area contributed by atoms with Crippen molar-refractivity contribution in [1.29, 1.82) is 0 Å². The Bertz CT molecular complexity index is 526. The van der Waals surface area contributed by atoms with Crippen LogP contribution in [0.15, 0.2) is 18.2 Å². The third-order valence-electron chi connectivity index (χ3n) is 3.02. The summed E-state index contributed by atoms with van der Waals surface area (Å²) < 4.78 is 10.7. The highest BCUT2D eigenvalue weighted by Crippen LogP contribution is 2.31. The topological polar surface area (TPSA) is 78.7 Å². The SMILES string of the molecule is CC(C)COC(=O)[C@H]1CCc2cc([N+](=O)[O-])ccc2O1. The van der Waals surface area contributed by atoms with Gasteiger partial charge in [0.1, 0.15) is 5.75 Å². The van der Waals surface area contributed by atoms with Gasteiger partial charge in [0.2, 0.25) is 0 Å². The van der Waals surface area contributed by atoms with E-state index in [1.807, 2.05) is 13.8 Å². The van der Waals surface area contributed by atoms with Gasteiger partial charge in [0, 0.05) is 17.7 Å². The van der Waals surface area contributed by atoms with Gasteiger partial charge in [0.25, 0.3) is 5.69 Å². The fourth-order valence-corrected chi connectivity index (χ4v) is 2.00. The van der Waals surface area contributed by atoms with Crippen LogP contribution >= 0.6 is 0 Å². The molecule has 0 aliphatic carbocycles. The fraction of sp³-hybridized carbons (Fsp3) is 0.500. The van der Waals surface area contributed by atoms with Gasteiger partial charge >= 0.3 is 5.97 Å². The predicted molar refractivity (Wildman–Crippen MR) is 71.6 cm³/mol. The van der Waals surface area contributed by atoms with Gasteiger partial charge < -0.3 is 9.47 Å². The van der Waals surface area contributed by atoms with Crippen molar-refractivity contribution in [3.63, 3.8) is 0 Å². The summed E-state index contributed by atoms with van der Waals surface area (Å²) >= 11 is 0. The monoisotopic (exact) mass is 279 g/mol. The van der Waals surface area contributed by atoms with E-state index in [1.54, 1.807) is 0 Å². The van der Waals surface area contributed by atoms with Crippen molar-refractivity contribution in [3.05, 3.63) is 33.9 Å². The lowest BCUT2D eigenvalue weighted by molar-refractivity contribution is -0.385. The van der Waals surface area contributed by atoms with Crippen LogP contribution in [0.1, 0.15) is 25.8 Å². The van der Waals surface area contributed by atoms with E-state index in [-0.39, 0.29) is 17.6 Å². The second kappa shape index (κ2) is 5.90. The first-order chi connectivity index (χ1) is 9.47. The first-order valence-corrected chi connectivity index (χ1v) is 6.58. The minimum Gasteiger partial charge on any atom is -0.478 e. The molecule has 0 bridgehead atoms. The summed E-state index contributed by atoms with van der Waals surface area (Å²) in [6, 6.07) is 4.40. The number of carbonyl (C=O) groups is 1. The standard InChI is InChI=1S/C14H17NO5/c1-9(2)8-19-14(16)13-5-3-10-7-11(15(17)18)4-6-12(10)20-13/h4,6-7,9,13H,3,5,8H2,1-2H3/t13-/m1/s1. The fourth-order valence-electron chi connectivity index (χ4n) is 2.00. The van der Waals surface area contributed by atoms with Crippen LogP contribution in [-0.2, 0) is 16.0 Å². The molecule has 1 aromatic rings. The molecule has 2 rings (SSSR count). The molecule has 0 saturated heterocycles. The van der Waals surface area contributed by atoms with Crippen LogP contribution in [0.2, 0.25) is 0 Å². The largest absolute Gasteiger partial charge is 0.478 e. The Labute approximate surface area is 116 Å². The number of benzene rings is 1. The maximum absolute atomic E-state index is 11.8. The van der Waals surface area contributed by atoms with Crippen LogP contribution in [0.25, 0.3) is 0 Å². The van der Waals surface area contributed by atoms with Crippen LogP contribution in [0.3, 0.4) is 0 Å². The lowest BCUT2D eigenvalue weighted by Crippen LogP contribution is -2.33. The van der Waals surface area contributed by atoms with Crippen LogP contribution in [0.5, 0.6) is 5.75 Å². The molecule has 1 aromatic carbocycles. The number of hydrogen-bond donors (Lipinski definition) is 0. The number of rotatable bonds is 4. The number of ether oxygens (including phenoxy) is 2. The summed E-state index contributed by atoms with van der Waals surface area (Å²) in [6.45, 7) is 4.29. The Morgan fingerprint density at radius 3 is 2.95 bits per heavy atom. The van der Waals surface area contributed by atoms with Gasteiger partial charge in [-0.15, -0.1) is 0 Å². The number of hydrogen-bond acceptors (Lipinski definition) is 5. The van der Waals surface area contributed by atoms with E-state index < -0.39 is 11.0 Å². The zero-order chi connectivity index (χ0) is 14.7. The molecule has 0 fully saturated rings. The van der Waals surface area contributed by atoms with E-state index in [9.17, 15) is 14.9 Å². The van der Waals surface area contributed by atoms with Gasteiger partial charge in [-0.25, -0.2) is 4.79 Å². The number of esters is 1. The number of non-ortho nitro benzene ring substituents is 1. The maximum Gasteiger partial charge on any atom is 0.347 e. The third kappa shape index (κ3) is 3.26. The minimum atomic E-state index is -0.622. The number of fused-ring (bicyclic) bond motifs is 1. The average Bonchev–Trinajstić information content (AvgIpc) is 2.43. The highest BCUT2D eigenvalue weighted by atomic mass is 16.6. The number of aryl methyl sites for hydroxylation is 1. The second-order valence-electron chi connectivity index (χ2n) is 5.22. The quantitative estimate of drug-likeness (QED) is 0.480. The lowest BCUT2D eigenvalue weighted by Gasteiger charge is -2.24. The number of nitro benzene ring substituents is 1. The van der Waals surface area contributed by atoms with E-state index in [1.165, 1.54) is 18.2 Å². The molecule has 0 unspecified atom stereocenters. The van der Waals surface area contributed by atoms with E-state index >= 15 is 0 Å². The van der Waals surface area contributed by atoms with Crippen molar-refractivity contribution in [2.45, 2.75) is 32.8 Å². The van der Waals surface area contributed by atoms with Crippen molar-refractivity contribution < 1.29 is 19.2 Å². The van der Waals surface area contributed by atoms with Crippen molar-refractivity contribution in [3.8, 4) is 5.75 Å². The predicted octanol–water partition coefficient (Wildman–Crippen LogP) is 2.49. The molecule has 0 aromatic heterocycles. The summed E-state index contributed by atoms with van der Waals surface area (Å²) in [4.78, 5) is 22.1. The molecule has 0 amide bonds. The van der Waals surface area contributed by atoms with Crippen molar-refractivity contribution in [1.82, 2.24) is 0 Å². The van der Waals surface area contributed by atoms with E-state index in [0.29, 0.717) is 25.2 Å². The Morgan fingerprint density at radius 2 is 2.30 bits per heavy atom. The average molecular weight is 279 g/mol. The summed E-state index contributed by atoms with van der Waals surface area (Å²) in [5.74, 6) is 0.425. The molecule has 1 heterocycles. The van der Waals surface area contributed by atoms with Gasteiger partial charge in [0.05, 0.1) is 11.5 Å². The molecule has 1 atom stereocenters. The smallest absolute Gasteiger partial charge is 0.347 e. The van der Waals surface area contributed by atoms with Crippen molar-refractivity contribution in [2.75, 3.05) is 6.61 Å². The maximum atomic E-state index is 11.8. The molecule has 20 heavy (non-hydrogen) atoms. The Balaban J connectivity index is 2.04. The number of nitro groups is 1. The molecule has 108 valence electrons. The minimum absolute atomic E-state index is 0.0354. The molecule has 1 aliphatic heterocycles. The van der Waals surface area contributed by atoms with Crippen LogP contribution in [0, 0.1) is 16.0 Å². The van der Waals surface area contributed by atoms with Crippen LogP contribution in [0.4, 0.5) is 5.69 Å². The molecule has 6 heteroatoms.